The number of carbonyl (C=O) groups is 1. The predicted molar refractivity (Wildman–Crippen MR) is 96.3 cm³/mol. The number of aromatic nitrogens is 3. The predicted octanol–water partition coefficient (Wildman–Crippen LogP) is 3.00. The summed E-state index contributed by atoms with van der Waals surface area (Å²) < 4.78 is 1.83. The molecule has 7 heteroatoms. The van der Waals surface area contributed by atoms with Crippen molar-refractivity contribution in [2.45, 2.75) is 24.4 Å². The lowest BCUT2D eigenvalue weighted by Gasteiger charge is -2.40. The number of β-lactam (4-membered cyclic amide) rings is 1. The van der Waals surface area contributed by atoms with E-state index in [0.717, 1.165) is 16.6 Å². The third-order valence-electron chi connectivity index (χ3n) is 4.24. The van der Waals surface area contributed by atoms with Crippen molar-refractivity contribution in [3.8, 4) is 0 Å². The van der Waals surface area contributed by atoms with Gasteiger partial charge in [-0.15, -0.1) is 16.7 Å². The van der Waals surface area contributed by atoms with Crippen LogP contribution >= 0.6 is 11.6 Å². The molecular weight excluding hydrogens is 338 g/mol. The summed E-state index contributed by atoms with van der Waals surface area (Å²) >= 11 is 6.17. The van der Waals surface area contributed by atoms with E-state index in [4.69, 9.17) is 11.6 Å². The highest BCUT2D eigenvalue weighted by Crippen LogP contribution is 2.38. The topological polar surface area (TPSA) is 63.4 Å². The second kappa shape index (κ2) is 6.64. The Kier molecular flexibility index (Phi) is 4.19. The molecular formula is C18H16ClN5O. The van der Waals surface area contributed by atoms with Crippen molar-refractivity contribution in [3.63, 3.8) is 0 Å². The maximum Gasteiger partial charge on any atom is 0.263 e. The molecule has 1 aromatic heterocycles. The minimum atomic E-state index is -0.557. The van der Waals surface area contributed by atoms with Gasteiger partial charge in [-0.2, -0.15) is 5.10 Å². The fraction of sp³-hybridized carbons (Fsp3) is 0.222. The van der Waals surface area contributed by atoms with Gasteiger partial charge in [-0.1, -0.05) is 47.7 Å². The molecule has 126 valence electrons. The van der Waals surface area contributed by atoms with Crippen molar-refractivity contribution >= 4 is 34.8 Å². The van der Waals surface area contributed by atoms with Gasteiger partial charge < -0.3 is 0 Å². The lowest BCUT2D eigenvalue weighted by Crippen LogP contribution is -2.53. The average Bonchev–Trinajstić information content (AvgIpc) is 3.07. The number of fused-ring (bicyclic) bond motifs is 1. The smallest absolute Gasteiger partial charge is 0.263 e. The molecule has 0 bridgehead atoms. The molecule has 1 fully saturated rings. The average molecular weight is 354 g/mol. The van der Waals surface area contributed by atoms with E-state index >= 15 is 0 Å². The number of halogens is 1. The first-order valence-electron chi connectivity index (χ1n) is 8.08. The maximum atomic E-state index is 12.0. The summed E-state index contributed by atoms with van der Waals surface area (Å²) in [6, 6.07) is 17.3. The van der Waals surface area contributed by atoms with Gasteiger partial charge >= 0.3 is 0 Å². The van der Waals surface area contributed by atoms with Gasteiger partial charge in [-0.05, 0) is 17.7 Å². The molecule has 1 saturated heterocycles. The van der Waals surface area contributed by atoms with E-state index in [1.807, 2.05) is 59.3 Å². The highest BCUT2D eigenvalue weighted by Gasteiger charge is 2.47. The number of rotatable bonds is 5. The Labute approximate surface area is 149 Å². The van der Waals surface area contributed by atoms with Crippen LogP contribution in [0.1, 0.15) is 18.0 Å². The lowest BCUT2D eigenvalue weighted by atomic mass is 9.95. The number of hydrogen-bond acceptors (Lipinski definition) is 4. The second-order valence-corrected chi connectivity index (χ2v) is 6.30. The van der Waals surface area contributed by atoms with Crippen LogP contribution in [0.5, 0.6) is 0 Å². The van der Waals surface area contributed by atoms with E-state index in [2.05, 4.69) is 15.4 Å². The van der Waals surface area contributed by atoms with E-state index in [-0.39, 0.29) is 11.9 Å². The number of amides is 1. The molecule has 1 aliphatic rings. The zero-order valence-electron chi connectivity index (χ0n) is 13.4. The first-order valence-corrected chi connectivity index (χ1v) is 8.52. The van der Waals surface area contributed by atoms with Crippen LogP contribution in [0.2, 0.25) is 0 Å². The van der Waals surface area contributed by atoms with Crippen LogP contribution in [0, 0.1) is 0 Å². The molecule has 1 aliphatic heterocycles. The van der Waals surface area contributed by atoms with Crippen molar-refractivity contribution in [2.24, 2.45) is 5.10 Å². The Morgan fingerprint density at radius 3 is 2.72 bits per heavy atom. The van der Waals surface area contributed by atoms with E-state index in [0.29, 0.717) is 13.0 Å². The Balaban J connectivity index is 1.42. The Morgan fingerprint density at radius 2 is 1.88 bits per heavy atom. The van der Waals surface area contributed by atoms with Gasteiger partial charge in [0, 0.05) is 19.2 Å². The summed E-state index contributed by atoms with van der Waals surface area (Å²) in [4.78, 5) is 12.0. The summed E-state index contributed by atoms with van der Waals surface area (Å²) in [7, 11) is 0. The van der Waals surface area contributed by atoms with Gasteiger partial charge in [0.2, 0.25) is 0 Å². The van der Waals surface area contributed by atoms with Crippen LogP contribution in [0.4, 0.5) is 0 Å². The van der Waals surface area contributed by atoms with Crippen LogP contribution in [-0.2, 0) is 11.3 Å². The van der Waals surface area contributed by atoms with Crippen LogP contribution < -0.4 is 0 Å². The maximum absolute atomic E-state index is 12.0. The van der Waals surface area contributed by atoms with E-state index in [9.17, 15) is 4.79 Å². The molecule has 2 heterocycles. The summed E-state index contributed by atoms with van der Waals surface area (Å²) in [5.74, 6) is -0.169. The number of hydrazone groups is 1. The number of hydrogen-bond donors (Lipinski definition) is 0. The summed E-state index contributed by atoms with van der Waals surface area (Å²) in [6.07, 6.45) is 2.37. The Hall–Kier alpha value is -2.73. The zero-order chi connectivity index (χ0) is 17.2. The quantitative estimate of drug-likeness (QED) is 0.402. The number of alkyl halides is 1. The Morgan fingerprint density at radius 1 is 1.12 bits per heavy atom. The fourth-order valence-electron chi connectivity index (χ4n) is 2.94. The highest BCUT2D eigenvalue weighted by molar-refractivity contribution is 6.33. The summed E-state index contributed by atoms with van der Waals surface area (Å²) in [5, 5.41) is 13.5. The second-order valence-electron chi connectivity index (χ2n) is 5.83. The van der Waals surface area contributed by atoms with Crippen molar-refractivity contribution in [2.75, 3.05) is 0 Å². The SMILES string of the molecule is O=C1C(Cl)C(c2ccccc2)N1/N=C/CCn1nnc2ccccc21. The fourth-order valence-corrected chi connectivity index (χ4v) is 3.29. The molecule has 0 radical (unpaired) electrons. The highest BCUT2D eigenvalue weighted by atomic mass is 35.5. The van der Waals surface area contributed by atoms with Gasteiger partial charge in [0.1, 0.15) is 16.9 Å². The molecule has 2 atom stereocenters. The van der Waals surface area contributed by atoms with Crippen LogP contribution in [-0.4, -0.2) is 37.5 Å². The third-order valence-corrected chi connectivity index (χ3v) is 4.67. The molecule has 1 amide bonds. The van der Waals surface area contributed by atoms with Crippen molar-refractivity contribution in [3.05, 3.63) is 60.2 Å². The number of benzene rings is 2. The van der Waals surface area contributed by atoms with Crippen molar-refractivity contribution < 1.29 is 4.79 Å². The van der Waals surface area contributed by atoms with Gasteiger partial charge in [0.25, 0.3) is 5.91 Å². The summed E-state index contributed by atoms with van der Waals surface area (Å²) in [6.45, 7) is 0.645. The van der Waals surface area contributed by atoms with Crippen molar-refractivity contribution in [1.29, 1.82) is 0 Å². The van der Waals surface area contributed by atoms with E-state index in [1.165, 1.54) is 5.01 Å². The van der Waals surface area contributed by atoms with E-state index in [1.54, 1.807) is 6.21 Å². The summed E-state index contributed by atoms with van der Waals surface area (Å²) in [5.41, 5.74) is 2.84. The standard InChI is InChI=1S/C18H16ClN5O/c19-16-17(13-7-2-1-3-8-13)24(18(16)25)20-11-6-12-23-15-10-5-4-9-14(15)21-22-23/h1-5,7-11,16-17H,6,12H2/b20-11+. The molecule has 25 heavy (non-hydrogen) atoms. The number of aryl methyl sites for hydroxylation is 1. The van der Waals surface area contributed by atoms with Crippen LogP contribution in [0.3, 0.4) is 0 Å². The molecule has 6 nitrogen and oxygen atoms in total. The number of nitrogens with zero attached hydrogens (tertiary/aromatic N) is 5. The van der Waals surface area contributed by atoms with Gasteiger partial charge in [-0.3, -0.25) is 4.79 Å². The lowest BCUT2D eigenvalue weighted by molar-refractivity contribution is -0.145. The molecule has 0 aliphatic carbocycles. The largest absolute Gasteiger partial charge is 0.271 e. The van der Waals surface area contributed by atoms with Gasteiger partial charge in [0.05, 0.1) is 5.52 Å². The molecule has 0 saturated carbocycles. The van der Waals surface area contributed by atoms with E-state index < -0.39 is 5.38 Å². The number of para-hydroxylation sites is 1. The normalized spacial score (nSPS) is 20.4. The molecule has 2 unspecified atom stereocenters. The molecule has 0 spiro atoms. The molecule has 2 aromatic carbocycles. The minimum Gasteiger partial charge on any atom is -0.271 e. The van der Waals surface area contributed by atoms with Crippen LogP contribution in [0.15, 0.2) is 59.7 Å². The molecule has 0 N–H and O–H groups in total. The van der Waals surface area contributed by atoms with Crippen molar-refractivity contribution in [1.82, 2.24) is 20.0 Å². The minimum absolute atomic E-state index is 0.169. The van der Waals surface area contributed by atoms with Gasteiger partial charge in [-0.25, -0.2) is 9.69 Å². The first-order chi connectivity index (χ1) is 12.3. The number of carbonyl (C=O) groups excluding carboxylic acids is 1. The monoisotopic (exact) mass is 353 g/mol. The third kappa shape index (κ3) is 2.89. The Bertz CT molecular complexity index is 923. The first kappa shape index (κ1) is 15.8. The van der Waals surface area contributed by atoms with Gasteiger partial charge in [0.15, 0.2) is 0 Å². The van der Waals surface area contributed by atoms with Crippen LogP contribution in [0.25, 0.3) is 11.0 Å². The molecule has 4 rings (SSSR count). The molecule has 3 aromatic rings. The zero-order valence-corrected chi connectivity index (χ0v) is 14.1.